The fraction of sp³-hybridized carbons (Fsp3) is 0.308. The number of carbonyl (C=O) groups excluding carboxylic acids is 3. The molecule has 0 bridgehead atoms. The lowest BCUT2D eigenvalue weighted by Gasteiger charge is -2.29. The number of amides is 1. The van der Waals surface area contributed by atoms with Gasteiger partial charge in [0.25, 0.3) is 5.91 Å². The van der Waals surface area contributed by atoms with Crippen LogP contribution in [-0.2, 0) is 22.3 Å². The largest absolute Gasteiger partial charge is 0.465 e. The van der Waals surface area contributed by atoms with Crippen LogP contribution in [0.4, 0.5) is 5.00 Å². The Kier molecular flexibility index (Phi) is 6.52. The SMILES string of the molecule is COC(=O)c1cccc(C(=O)Nc2sc3c(c2-c2cc(C(=O)OC)ccn2)CCC(C)(C)C3)c1. The normalized spacial score (nSPS) is 14.1. The number of nitrogens with one attached hydrogen (secondary N) is 1. The van der Waals surface area contributed by atoms with Crippen molar-refractivity contribution in [3.63, 3.8) is 0 Å². The first-order valence-corrected chi connectivity index (χ1v) is 11.7. The van der Waals surface area contributed by atoms with Crippen LogP contribution in [-0.4, -0.2) is 37.0 Å². The maximum Gasteiger partial charge on any atom is 0.337 e. The molecule has 0 saturated carbocycles. The second-order valence-electron chi connectivity index (χ2n) is 9.00. The summed E-state index contributed by atoms with van der Waals surface area (Å²) in [5.41, 5.74) is 3.79. The first-order chi connectivity index (χ1) is 16.2. The molecule has 1 N–H and O–H groups in total. The summed E-state index contributed by atoms with van der Waals surface area (Å²) in [4.78, 5) is 42.9. The van der Waals surface area contributed by atoms with Crippen molar-refractivity contribution in [2.75, 3.05) is 19.5 Å². The van der Waals surface area contributed by atoms with Crippen molar-refractivity contribution >= 4 is 34.2 Å². The van der Waals surface area contributed by atoms with Gasteiger partial charge in [0.2, 0.25) is 0 Å². The minimum Gasteiger partial charge on any atom is -0.465 e. The number of pyridine rings is 1. The van der Waals surface area contributed by atoms with Crippen molar-refractivity contribution in [3.8, 4) is 11.3 Å². The van der Waals surface area contributed by atoms with Gasteiger partial charge in [0.15, 0.2) is 0 Å². The zero-order valence-corrected chi connectivity index (χ0v) is 20.4. The van der Waals surface area contributed by atoms with Crippen LogP contribution >= 0.6 is 11.3 Å². The monoisotopic (exact) mass is 478 g/mol. The minimum absolute atomic E-state index is 0.159. The summed E-state index contributed by atoms with van der Waals surface area (Å²) in [6, 6.07) is 9.70. The predicted octanol–water partition coefficient (Wildman–Crippen LogP) is 5.15. The summed E-state index contributed by atoms with van der Waals surface area (Å²) in [6.07, 6.45) is 4.33. The number of fused-ring (bicyclic) bond motifs is 1. The Morgan fingerprint density at radius 3 is 2.38 bits per heavy atom. The quantitative estimate of drug-likeness (QED) is 0.510. The van der Waals surface area contributed by atoms with Crippen LogP contribution < -0.4 is 5.32 Å². The Labute approximate surface area is 202 Å². The van der Waals surface area contributed by atoms with Crippen LogP contribution in [0.25, 0.3) is 11.3 Å². The van der Waals surface area contributed by atoms with E-state index in [4.69, 9.17) is 9.47 Å². The summed E-state index contributed by atoms with van der Waals surface area (Å²) in [5.74, 6) is -1.29. The molecule has 1 aromatic carbocycles. The zero-order valence-electron chi connectivity index (χ0n) is 19.6. The third kappa shape index (κ3) is 4.72. The number of thiophene rings is 1. The average Bonchev–Trinajstić information content (AvgIpc) is 3.18. The van der Waals surface area contributed by atoms with Gasteiger partial charge in [0, 0.05) is 22.2 Å². The molecule has 0 unspecified atom stereocenters. The molecule has 0 radical (unpaired) electrons. The molecule has 0 fully saturated rings. The summed E-state index contributed by atoms with van der Waals surface area (Å²) < 4.78 is 9.64. The molecule has 2 heterocycles. The molecule has 3 aromatic rings. The van der Waals surface area contributed by atoms with Crippen LogP contribution in [0.3, 0.4) is 0 Å². The van der Waals surface area contributed by atoms with Crippen molar-refractivity contribution < 1.29 is 23.9 Å². The minimum atomic E-state index is -0.506. The number of benzene rings is 1. The summed E-state index contributed by atoms with van der Waals surface area (Å²) in [7, 11) is 2.64. The highest BCUT2D eigenvalue weighted by Gasteiger charge is 2.32. The number of ether oxygens (including phenoxy) is 2. The molecular formula is C26H26N2O5S. The van der Waals surface area contributed by atoms with Crippen molar-refractivity contribution in [2.24, 2.45) is 5.41 Å². The van der Waals surface area contributed by atoms with Gasteiger partial charge in [-0.2, -0.15) is 0 Å². The molecule has 0 aliphatic heterocycles. The molecule has 34 heavy (non-hydrogen) atoms. The van der Waals surface area contributed by atoms with Crippen LogP contribution in [0.15, 0.2) is 42.6 Å². The topological polar surface area (TPSA) is 94.6 Å². The smallest absolute Gasteiger partial charge is 0.337 e. The highest BCUT2D eigenvalue weighted by molar-refractivity contribution is 7.17. The summed E-state index contributed by atoms with van der Waals surface area (Å²) in [5, 5.41) is 3.70. The number of rotatable bonds is 5. The fourth-order valence-electron chi connectivity index (χ4n) is 4.16. The molecule has 1 aliphatic rings. The van der Waals surface area contributed by atoms with Gasteiger partial charge < -0.3 is 14.8 Å². The van der Waals surface area contributed by atoms with Gasteiger partial charge in [-0.15, -0.1) is 11.3 Å². The highest BCUT2D eigenvalue weighted by Crippen LogP contribution is 2.47. The number of hydrogen-bond acceptors (Lipinski definition) is 7. The second-order valence-corrected chi connectivity index (χ2v) is 10.1. The van der Waals surface area contributed by atoms with Gasteiger partial charge in [-0.25, -0.2) is 9.59 Å². The first-order valence-electron chi connectivity index (χ1n) is 10.9. The fourth-order valence-corrected chi connectivity index (χ4v) is 5.67. The van der Waals surface area contributed by atoms with Gasteiger partial charge in [-0.05, 0) is 60.6 Å². The Hall–Kier alpha value is -3.52. The number of carbonyl (C=O) groups is 3. The molecule has 7 nitrogen and oxygen atoms in total. The third-order valence-corrected chi connectivity index (χ3v) is 7.14. The molecule has 1 aliphatic carbocycles. The van der Waals surface area contributed by atoms with E-state index in [-0.39, 0.29) is 11.3 Å². The third-order valence-electron chi connectivity index (χ3n) is 5.99. The molecule has 0 atom stereocenters. The van der Waals surface area contributed by atoms with Crippen molar-refractivity contribution in [1.82, 2.24) is 4.98 Å². The molecular weight excluding hydrogens is 452 g/mol. The number of esters is 2. The van der Waals surface area contributed by atoms with Gasteiger partial charge in [0.1, 0.15) is 5.00 Å². The molecule has 0 spiro atoms. The first kappa shape index (κ1) is 23.6. The van der Waals surface area contributed by atoms with Gasteiger partial charge >= 0.3 is 11.9 Å². The standard InChI is InChI=1S/C26H26N2O5S/c1-26(2)10-8-18-20(14-26)34-23(21(18)19-13-17(9-11-27-19)25(31)33-4)28-22(29)15-6-5-7-16(12-15)24(30)32-3/h5-7,9,11-13H,8,10,14H2,1-4H3,(H,28,29). The van der Waals surface area contributed by atoms with Crippen molar-refractivity contribution in [3.05, 3.63) is 69.7 Å². The molecule has 0 saturated heterocycles. The van der Waals surface area contributed by atoms with E-state index in [0.717, 1.165) is 30.4 Å². The van der Waals surface area contributed by atoms with E-state index in [1.165, 1.54) is 36.5 Å². The van der Waals surface area contributed by atoms with E-state index in [1.807, 2.05) is 0 Å². The maximum absolute atomic E-state index is 13.2. The van der Waals surface area contributed by atoms with Gasteiger partial charge in [0.05, 0.1) is 31.0 Å². The van der Waals surface area contributed by atoms with E-state index in [2.05, 4.69) is 24.1 Å². The van der Waals surface area contributed by atoms with E-state index in [9.17, 15) is 14.4 Å². The summed E-state index contributed by atoms with van der Waals surface area (Å²) in [6.45, 7) is 4.48. The average molecular weight is 479 g/mol. The van der Waals surface area contributed by atoms with E-state index >= 15 is 0 Å². The maximum atomic E-state index is 13.2. The van der Waals surface area contributed by atoms with E-state index in [1.54, 1.807) is 36.5 Å². The summed E-state index contributed by atoms with van der Waals surface area (Å²) >= 11 is 1.54. The van der Waals surface area contributed by atoms with Gasteiger partial charge in [-0.1, -0.05) is 19.9 Å². The lowest BCUT2D eigenvalue weighted by Crippen LogP contribution is -2.21. The lowest BCUT2D eigenvalue weighted by atomic mass is 9.76. The Bertz CT molecular complexity index is 1280. The van der Waals surface area contributed by atoms with Gasteiger partial charge in [-0.3, -0.25) is 9.78 Å². The number of aromatic nitrogens is 1. The Morgan fingerprint density at radius 1 is 1.00 bits per heavy atom. The van der Waals surface area contributed by atoms with Crippen LogP contribution in [0.5, 0.6) is 0 Å². The molecule has 2 aromatic heterocycles. The number of anilines is 1. The number of hydrogen-bond donors (Lipinski definition) is 1. The van der Waals surface area contributed by atoms with E-state index in [0.29, 0.717) is 27.4 Å². The number of nitrogens with zero attached hydrogens (tertiary/aromatic N) is 1. The second kappa shape index (κ2) is 9.38. The predicted molar refractivity (Wildman–Crippen MR) is 130 cm³/mol. The van der Waals surface area contributed by atoms with Crippen molar-refractivity contribution in [2.45, 2.75) is 33.1 Å². The molecule has 8 heteroatoms. The molecule has 1 amide bonds. The Balaban J connectivity index is 1.76. The highest BCUT2D eigenvalue weighted by atomic mass is 32.1. The lowest BCUT2D eigenvalue weighted by molar-refractivity contribution is 0.0591. The molecule has 4 rings (SSSR count). The van der Waals surface area contributed by atoms with Crippen LogP contribution in [0.1, 0.15) is 61.8 Å². The van der Waals surface area contributed by atoms with Crippen LogP contribution in [0.2, 0.25) is 0 Å². The zero-order chi connectivity index (χ0) is 24.5. The molecule has 176 valence electrons. The Morgan fingerprint density at radius 2 is 1.68 bits per heavy atom. The van der Waals surface area contributed by atoms with Crippen molar-refractivity contribution in [1.29, 1.82) is 0 Å². The van der Waals surface area contributed by atoms with Crippen LogP contribution in [0, 0.1) is 5.41 Å². The van der Waals surface area contributed by atoms with E-state index < -0.39 is 11.9 Å². The number of methoxy groups -OCH3 is 2.